The topological polar surface area (TPSA) is 34.0 Å². The van der Waals surface area contributed by atoms with Gasteiger partial charge < -0.3 is 4.90 Å². The third-order valence-electron chi connectivity index (χ3n) is 6.27. The van der Waals surface area contributed by atoms with Crippen LogP contribution in [0.4, 0.5) is 10.1 Å². The molecule has 0 aliphatic rings. The van der Waals surface area contributed by atoms with Gasteiger partial charge in [0.05, 0.1) is 27.8 Å². The molecule has 0 spiro atoms. The second kappa shape index (κ2) is 8.37. The number of hydrogen-bond donors (Lipinski definition) is 0. The Morgan fingerprint density at radius 2 is 1.37 bits per heavy atom. The SMILES string of the molecule is CN(C)c1ccc(-c2nc3ccc(F)cc3c3c2c(-c2ccccc2)nn3-c2ccccc2)cc1. The van der Waals surface area contributed by atoms with Crippen LogP contribution in [0.15, 0.2) is 103 Å². The van der Waals surface area contributed by atoms with Crippen molar-refractivity contribution in [3.05, 3.63) is 109 Å². The molecule has 0 N–H and O–H groups in total. The number of fused-ring (bicyclic) bond motifs is 3. The quantitative estimate of drug-likeness (QED) is 0.282. The van der Waals surface area contributed by atoms with Gasteiger partial charge in [0.25, 0.3) is 0 Å². The minimum atomic E-state index is -0.300. The Bertz CT molecular complexity index is 1650. The van der Waals surface area contributed by atoms with E-state index in [1.54, 1.807) is 12.1 Å². The number of aromatic nitrogens is 3. The fourth-order valence-corrected chi connectivity index (χ4v) is 4.54. The molecule has 0 atom stereocenters. The summed E-state index contributed by atoms with van der Waals surface area (Å²) in [6.07, 6.45) is 0. The van der Waals surface area contributed by atoms with Crippen LogP contribution in [0, 0.1) is 5.82 Å². The number of benzene rings is 4. The van der Waals surface area contributed by atoms with E-state index in [2.05, 4.69) is 29.2 Å². The summed E-state index contributed by atoms with van der Waals surface area (Å²) in [6.45, 7) is 0. The summed E-state index contributed by atoms with van der Waals surface area (Å²) in [5.41, 5.74) is 7.18. The molecule has 0 bridgehead atoms. The van der Waals surface area contributed by atoms with Crippen molar-refractivity contribution in [1.82, 2.24) is 14.8 Å². The van der Waals surface area contributed by atoms with Crippen molar-refractivity contribution in [2.45, 2.75) is 0 Å². The standard InChI is InChI=1S/C30H23FN4/c1-34(2)23-16-13-21(14-17-23)28-27-29(20-9-5-3-6-10-20)33-35(24-11-7-4-8-12-24)30(27)25-19-22(31)15-18-26(25)32-28/h3-19H,1-2H3. The molecule has 0 aliphatic carbocycles. The van der Waals surface area contributed by atoms with Crippen LogP contribution in [-0.4, -0.2) is 28.9 Å². The van der Waals surface area contributed by atoms with Crippen molar-refractivity contribution in [3.8, 4) is 28.2 Å². The van der Waals surface area contributed by atoms with Gasteiger partial charge in [-0.05, 0) is 42.5 Å². The molecule has 6 aromatic rings. The van der Waals surface area contributed by atoms with Crippen molar-refractivity contribution >= 4 is 27.5 Å². The van der Waals surface area contributed by atoms with Crippen LogP contribution in [0.25, 0.3) is 50.0 Å². The molecule has 0 fully saturated rings. The average molecular weight is 459 g/mol. The van der Waals surface area contributed by atoms with Gasteiger partial charge in [-0.2, -0.15) is 5.10 Å². The molecule has 2 heterocycles. The molecule has 0 saturated heterocycles. The molecule has 170 valence electrons. The molecule has 0 saturated carbocycles. The Hall–Kier alpha value is -4.51. The Balaban J connectivity index is 1.78. The van der Waals surface area contributed by atoms with Gasteiger partial charge in [-0.25, -0.2) is 14.1 Å². The highest BCUT2D eigenvalue weighted by Gasteiger charge is 2.22. The number of rotatable bonds is 4. The molecule has 4 nitrogen and oxygen atoms in total. The van der Waals surface area contributed by atoms with E-state index in [9.17, 15) is 4.39 Å². The van der Waals surface area contributed by atoms with Crippen LogP contribution in [0.1, 0.15) is 0 Å². The third-order valence-corrected chi connectivity index (χ3v) is 6.27. The summed E-state index contributed by atoms with van der Waals surface area (Å²) in [5, 5.41) is 6.72. The lowest BCUT2D eigenvalue weighted by molar-refractivity contribution is 0.629. The van der Waals surface area contributed by atoms with Crippen LogP contribution < -0.4 is 4.90 Å². The second-order valence-corrected chi connectivity index (χ2v) is 8.75. The van der Waals surface area contributed by atoms with E-state index in [0.29, 0.717) is 0 Å². The predicted molar refractivity (Wildman–Crippen MR) is 142 cm³/mol. The van der Waals surface area contributed by atoms with Crippen molar-refractivity contribution in [2.75, 3.05) is 19.0 Å². The smallest absolute Gasteiger partial charge is 0.124 e. The first kappa shape index (κ1) is 21.1. The van der Waals surface area contributed by atoms with Crippen LogP contribution in [0.3, 0.4) is 0 Å². The van der Waals surface area contributed by atoms with Gasteiger partial charge >= 0.3 is 0 Å². The van der Waals surface area contributed by atoms with Crippen LogP contribution >= 0.6 is 0 Å². The molecule has 0 aliphatic heterocycles. The minimum Gasteiger partial charge on any atom is -0.378 e. The fourth-order valence-electron chi connectivity index (χ4n) is 4.54. The number of pyridine rings is 1. The van der Waals surface area contributed by atoms with Crippen molar-refractivity contribution < 1.29 is 4.39 Å². The van der Waals surface area contributed by atoms with E-state index >= 15 is 0 Å². The molecule has 0 radical (unpaired) electrons. The first-order valence-electron chi connectivity index (χ1n) is 11.5. The van der Waals surface area contributed by atoms with Gasteiger partial charge in [0, 0.05) is 36.3 Å². The Morgan fingerprint density at radius 3 is 2.06 bits per heavy atom. The first-order chi connectivity index (χ1) is 17.1. The zero-order valence-corrected chi connectivity index (χ0v) is 19.5. The van der Waals surface area contributed by atoms with E-state index in [0.717, 1.165) is 55.7 Å². The van der Waals surface area contributed by atoms with Gasteiger partial charge in [-0.1, -0.05) is 60.7 Å². The molecule has 0 unspecified atom stereocenters. The zero-order valence-electron chi connectivity index (χ0n) is 19.5. The molecule has 5 heteroatoms. The zero-order chi connectivity index (χ0) is 23.9. The molecule has 35 heavy (non-hydrogen) atoms. The second-order valence-electron chi connectivity index (χ2n) is 8.75. The van der Waals surface area contributed by atoms with Crippen molar-refractivity contribution in [3.63, 3.8) is 0 Å². The molecular formula is C30H23FN4. The molecule has 4 aromatic carbocycles. The van der Waals surface area contributed by atoms with Crippen LogP contribution in [-0.2, 0) is 0 Å². The summed E-state index contributed by atoms with van der Waals surface area (Å²) in [6, 6.07) is 33.2. The average Bonchev–Trinajstić information content (AvgIpc) is 3.30. The van der Waals surface area contributed by atoms with Crippen LogP contribution in [0.5, 0.6) is 0 Å². The summed E-state index contributed by atoms with van der Waals surface area (Å²) >= 11 is 0. The van der Waals surface area contributed by atoms with Gasteiger partial charge in [0.2, 0.25) is 0 Å². The highest BCUT2D eigenvalue weighted by molar-refractivity contribution is 6.14. The number of hydrogen-bond acceptors (Lipinski definition) is 3. The molecule has 0 amide bonds. The summed E-state index contributed by atoms with van der Waals surface area (Å²) in [7, 11) is 4.04. The van der Waals surface area contributed by atoms with E-state index in [1.807, 2.05) is 79.4 Å². The fraction of sp³-hybridized carbons (Fsp3) is 0.0667. The molecule has 6 rings (SSSR count). The predicted octanol–water partition coefficient (Wildman–Crippen LogP) is 7.11. The van der Waals surface area contributed by atoms with Gasteiger partial charge in [-0.15, -0.1) is 0 Å². The normalized spacial score (nSPS) is 11.3. The van der Waals surface area contributed by atoms with Gasteiger partial charge in [0.1, 0.15) is 11.5 Å². The number of halogens is 1. The van der Waals surface area contributed by atoms with Gasteiger partial charge in [0.15, 0.2) is 0 Å². The third kappa shape index (κ3) is 3.62. The summed E-state index contributed by atoms with van der Waals surface area (Å²) < 4.78 is 16.4. The lowest BCUT2D eigenvalue weighted by atomic mass is 9.99. The minimum absolute atomic E-state index is 0.300. The maximum absolute atomic E-state index is 14.5. The first-order valence-corrected chi connectivity index (χ1v) is 11.5. The largest absolute Gasteiger partial charge is 0.378 e. The van der Waals surface area contributed by atoms with Gasteiger partial charge in [-0.3, -0.25) is 0 Å². The Morgan fingerprint density at radius 1 is 0.714 bits per heavy atom. The van der Waals surface area contributed by atoms with E-state index < -0.39 is 0 Å². The monoisotopic (exact) mass is 458 g/mol. The lowest BCUT2D eigenvalue weighted by Crippen LogP contribution is -2.07. The molecular weight excluding hydrogens is 435 g/mol. The van der Waals surface area contributed by atoms with E-state index in [4.69, 9.17) is 10.1 Å². The Kier molecular flexibility index (Phi) is 5.03. The Labute approximate surface area is 202 Å². The summed E-state index contributed by atoms with van der Waals surface area (Å²) in [5.74, 6) is -0.300. The van der Waals surface area contributed by atoms with Crippen molar-refractivity contribution in [2.24, 2.45) is 0 Å². The number of para-hydroxylation sites is 1. The van der Waals surface area contributed by atoms with E-state index in [1.165, 1.54) is 6.07 Å². The maximum atomic E-state index is 14.5. The van der Waals surface area contributed by atoms with Crippen molar-refractivity contribution in [1.29, 1.82) is 0 Å². The highest BCUT2D eigenvalue weighted by atomic mass is 19.1. The maximum Gasteiger partial charge on any atom is 0.124 e. The van der Waals surface area contributed by atoms with Crippen LogP contribution in [0.2, 0.25) is 0 Å². The molecule has 2 aromatic heterocycles. The number of nitrogens with zero attached hydrogens (tertiary/aromatic N) is 4. The lowest BCUT2D eigenvalue weighted by Gasteiger charge is -2.14. The highest BCUT2D eigenvalue weighted by Crippen LogP contribution is 2.40. The van der Waals surface area contributed by atoms with E-state index in [-0.39, 0.29) is 5.82 Å². The summed E-state index contributed by atoms with van der Waals surface area (Å²) in [4.78, 5) is 7.12. The number of anilines is 1.